The number of nitrogen functional groups attached to an aromatic ring is 1. The SMILES string of the molecule is CSCCC(C)N(C)c1cnccc1C(=N)N. The van der Waals surface area contributed by atoms with Crippen LogP contribution < -0.4 is 10.6 Å². The molecule has 0 saturated carbocycles. The molecule has 5 heteroatoms. The standard InChI is InChI=1S/C12H20N4S/c1-9(5-7-17-3)16(2)11-8-15-6-4-10(11)12(13)14/h4,6,8-9H,5,7H2,1-3H3,(H3,13,14). The third-order valence-corrected chi connectivity index (χ3v) is 3.52. The molecular formula is C12H20N4S. The van der Waals surface area contributed by atoms with Gasteiger partial charge in [0, 0.05) is 24.8 Å². The molecule has 0 amide bonds. The topological polar surface area (TPSA) is 66.0 Å². The molecule has 17 heavy (non-hydrogen) atoms. The summed E-state index contributed by atoms with van der Waals surface area (Å²) >= 11 is 1.84. The summed E-state index contributed by atoms with van der Waals surface area (Å²) in [5.41, 5.74) is 7.25. The fourth-order valence-corrected chi connectivity index (χ4v) is 2.19. The Balaban J connectivity index is 2.87. The van der Waals surface area contributed by atoms with Crippen LogP contribution in [-0.4, -0.2) is 35.9 Å². The van der Waals surface area contributed by atoms with Crippen LogP contribution in [0.1, 0.15) is 18.9 Å². The maximum atomic E-state index is 7.57. The number of hydrogen-bond donors (Lipinski definition) is 2. The monoisotopic (exact) mass is 252 g/mol. The van der Waals surface area contributed by atoms with E-state index in [1.807, 2.05) is 18.8 Å². The minimum atomic E-state index is 0.0892. The van der Waals surface area contributed by atoms with Crippen molar-refractivity contribution in [1.29, 1.82) is 5.41 Å². The van der Waals surface area contributed by atoms with Gasteiger partial charge in [-0.15, -0.1) is 0 Å². The van der Waals surface area contributed by atoms with E-state index in [0.29, 0.717) is 6.04 Å². The highest BCUT2D eigenvalue weighted by atomic mass is 32.2. The summed E-state index contributed by atoms with van der Waals surface area (Å²) < 4.78 is 0. The predicted molar refractivity (Wildman–Crippen MR) is 76.1 cm³/mol. The van der Waals surface area contributed by atoms with Crippen molar-refractivity contribution < 1.29 is 0 Å². The van der Waals surface area contributed by atoms with Gasteiger partial charge in [-0.1, -0.05) is 0 Å². The Morgan fingerprint density at radius 1 is 1.65 bits per heavy atom. The molecule has 0 aliphatic carbocycles. The molecule has 0 aromatic carbocycles. The lowest BCUT2D eigenvalue weighted by Gasteiger charge is -2.28. The van der Waals surface area contributed by atoms with E-state index in [1.54, 1.807) is 18.5 Å². The lowest BCUT2D eigenvalue weighted by atomic mass is 10.1. The Morgan fingerprint density at radius 3 is 2.94 bits per heavy atom. The molecule has 0 bridgehead atoms. The van der Waals surface area contributed by atoms with Crippen LogP contribution in [0.4, 0.5) is 5.69 Å². The van der Waals surface area contributed by atoms with Crippen molar-refractivity contribution in [2.45, 2.75) is 19.4 Å². The molecule has 0 fully saturated rings. The van der Waals surface area contributed by atoms with Crippen LogP contribution in [0, 0.1) is 5.41 Å². The second-order valence-electron chi connectivity index (χ2n) is 4.05. The van der Waals surface area contributed by atoms with E-state index < -0.39 is 0 Å². The van der Waals surface area contributed by atoms with E-state index in [1.165, 1.54) is 0 Å². The minimum absolute atomic E-state index is 0.0892. The van der Waals surface area contributed by atoms with Crippen molar-refractivity contribution in [3.05, 3.63) is 24.0 Å². The Kier molecular flexibility index (Phi) is 5.28. The number of pyridine rings is 1. The van der Waals surface area contributed by atoms with Gasteiger partial charge in [-0.05, 0) is 31.4 Å². The zero-order chi connectivity index (χ0) is 12.8. The highest BCUT2D eigenvalue weighted by molar-refractivity contribution is 7.98. The van der Waals surface area contributed by atoms with E-state index in [2.05, 4.69) is 23.1 Å². The molecule has 0 aliphatic heterocycles. The second-order valence-corrected chi connectivity index (χ2v) is 5.03. The summed E-state index contributed by atoms with van der Waals surface area (Å²) in [6, 6.07) is 2.19. The van der Waals surface area contributed by atoms with Crippen LogP contribution in [0.3, 0.4) is 0 Å². The molecule has 1 rings (SSSR count). The maximum absolute atomic E-state index is 7.57. The van der Waals surface area contributed by atoms with Crippen LogP contribution in [0.15, 0.2) is 18.5 Å². The molecule has 1 unspecified atom stereocenters. The van der Waals surface area contributed by atoms with Crippen LogP contribution in [0.2, 0.25) is 0 Å². The third kappa shape index (κ3) is 3.63. The molecule has 1 heterocycles. The van der Waals surface area contributed by atoms with E-state index >= 15 is 0 Å². The summed E-state index contributed by atoms with van der Waals surface area (Å²) in [6.07, 6.45) is 6.65. The number of amidine groups is 1. The molecule has 94 valence electrons. The lowest BCUT2D eigenvalue weighted by molar-refractivity contribution is 0.668. The van der Waals surface area contributed by atoms with Crippen molar-refractivity contribution in [3.8, 4) is 0 Å². The van der Waals surface area contributed by atoms with Gasteiger partial charge in [0.15, 0.2) is 0 Å². The zero-order valence-corrected chi connectivity index (χ0v) is 11.4. The first-order chi connectivity index (χ1) is 8.07. The van der Waals surface area contributed by atoms with Gasteiger partial charge in [-0.25, -0.2) is 0 Å². The quantitative estimate of drug-likeness (QED) is 0.600. The Morgan fingerprint density at radius 2 is 2.35 bits per heavy atom. The molecule has 1 aromatic rings. The molecule has 0 aliphatic rings. The number of anilines is 1. The fraction of sp³-hybridized carbons (Fsp3) is 0.500. The Bertz CT molecular complexity index is 381. The first-order valence-electron chi connectivity index (χ1n) is 5.58. The number of rotatable bonds is 6. The van der Waals surface area contributed by atoms with Crippen LogP contribution >= 0.6 is 11.8 Å². The van der Waals surface area contributed by atoms with E-state index in [-0.39, 0.29) is 5.84 Å². The minimum Gasteiger partial charge on any atom is -0.384 e. The van der Waals surface area contributed by atoms with Gasteiger partial charge < -0.3 is 10.6 Å². The van der Waals surface area contributed by atoms with Gasteiger partial charge in [-0.2, -0.15) is 11.8 Å². The van der Waals surface area contributed by atoms with Crippen molar-refractivity contribution in [2.24, 2.45) is 5.73 Å². The molecule has 0 saturated heterocycles. The van der Waals surface area contributed by atoms with Crippen molar-refractivity contribution in [1.82, 2.24) is 4.98 Å². The van der Waals surface area contributed by atoms with Gasteiger partial charge in [-0.3, -0.25) is 10.4 Å². The highest BCUT2D eigenvalue weighted by Gasteiger charge is 2.14. The largest absolute Gasteiger partial charge is 0.384 e. The number of nitrogens with two attached hydrogens (primary N) is 1. The average Bonchev–Trinajstić information content (AvgIpc) is 2.34. The number of hydrogen-bond acceptors (Lipinski definition) is 4. The summed E-state index contributed by atoms with van der Waals surface area (Å²) in [5, 5.41) is 7.57. The summed E-state index contributed by atoms with van der Waals surface area (Å²) in [4.78, 5) is 6.25. The number of thioether (sulfide) groups is 1. The van der Waals surface area contributed by atoms with Crippen LogP contribution in [-0.2, 0) is 0 Å². The van der Waals surface area contributed by atoms with Crippen LogP contribution in [0.5, 0.6) is 0 Å². The van der Waals surface area contributed by atoms with Gasteiger partial charge in [0.25, 0.3) is 0 Å². The summed E-state index contributed by atoms with van der Waals surface area (Å²) in [7, 11) is 2.02. The van der Waals surface area contributed by atoms with E-state index in [9.17, 15) is 0 Å². The van der Waals surface area contributed by atoms with Gasteiger partial charge >= 0.3 is 0 Å². The van der Waals surface area contributed by atoms with Gasteiger partial charge in [0.05, 0.1) is 11.9 Å². The first kappa shape index (κ1) is 13.8. The Labute approximate surface area is 107 Å². The highest BCUT2D eigenvalue weighted by Crippen LogP contribution is 2.21. The molecule has 3 N–H and O–H groups in total. The lowest BCUT2D eigenvalue weighted by Crippen LogP contribution is -2.31. The molecule has 1 aromatic heterocycles. The molecule has 1 atom stereocenters. The molecule has 0 radical (unpaired) electrons. The smallest absolute Gasteiger partial charge is 0.125 e. The molecular weight excluding hydrogens is 232 g/mol. The fourth-order valence-electron chi connectivity index (χ4n) is 1.61. The maximum Gasteiger partial charge on any atom is 0.125 e. The predicted octanol–water partition coefficient (Wildman–Crippen LogP) is 1.94. The number of nitrogens with one attached hydrogen (secondary N) is 1. The van der Waals surface area contributed by atoms with Gasteiger partial charge in [0.2, 0.25) is 0 Å². The average molecular weight is 252 g/mol. The van der Waals surface area contributed by atoms with E-state index in [4.69, 9.17) is 11.1 Å². The van der Waals surface area contributed by atoms with Crippen molar-refractivity contribution >= 4 is 23.3 Å². The van der Waals surface area contributed by atoms with Crippen molar-refractivity contribution in [2.75, 3.05) is 24.0 Å². The molecule has 4 nitrogen and oxygen atoms in total. The molecule has 0 spiro atoms. The van der Waals surface area contributed by atoms with Crippen LogP contribution in [0.25, 0.3) is 0 Å². The van der Waals surface area contributed by atoms with Gasteiger partial charge in [0.1, 0.15) is 5.84 Å². The normalized spacial score (nSPS) is 12.2. The number of aromatic nitrogens is 1. The third-order valence-electron chi connectivity index (χ3n) is 2.87. The van der Waals surface area contributed by atoms with Crippen molar-refractivity contribution in [3.63, 3.8) is 0 Å². The summed E-state index contributed by atoms with van der Waals surface area (Å²) in [5.74, 6) is 1.22. The number of nitrogens with zero attached hydrogens (tertiary/aromatic N) is 2. The Hall–Kier alpha value is -1.23. The second kappa shape index (κ2) is 6.49. The summed E-state index contributed by atoms with van der Waals surface area (Å²) in [6.45, 7) is 2.17. The zero-order valence-electron chi connectivity index (χ0n) is 10.6. The first-order valence-corrected chi connectivity index (χ1v) is 6.97. The van der Waals surface area contributed by atoms with E-state index in [0.717, 1.165) is 23.4 Å².